The number of benzene rings is 6. The fourth-order valence-electron chi connectivity index (χ4n) is 7.97. The Labute approximate surface area is 333 Å². The van der Waals surface area contributed by atoms with Gasteiger partial charge in [0, 0.05) is 16.8 Å². The van der Waals surface area contributed by atoms with E-state index in [1.165, 1.54) is 0 Å². The van der Waals surface area contributed by atoms with Crippen molar-refractivity contribution in [1.82, 2.24) is 4.72 Å². The molecule has 1 aliphatic rings. The molecule has 55 heavy (non-hydrogen) atoms. The van der Waals surface area contributed by atoms with Gasteiger partial charge in [-0.15, -0.1) is 0 Å². The van der Waals surface area contributed by atoms with Gasteiger partial charge in [0.15, 0.2) is 0 Å². The van der Waals surface area contributed by atoms with Gasteiger partial charge in [0.25, 0.3) is 0 Å². The van der Waals surface area contributed by atoms with Crippen LogP contribution in [0.3, 0.4) is 0 Å². The zero-order valence-corrected chi connectivity index (χ0v) is 33.0. The summed E-state index contributed by atoms with van der Waals surface area (Å²) in [5.74, 6) is 6.21. The molecule has 0 saturated heterocycles. The van der Waals surface area contributed by atoms with Gasteiger partial charge in [-0.2, -0.15) is 0 Å². The van der Waals surface area contributed by atoms with E-state index in [4.69, 9.17) is 0 Å². The lowest BCUT2D eigenvalue weighted by Crippen LogP contribution is -2.50. The van der Waals surface area contributed by atoms with Crippen molar-refractivity contribution in [3.05, 3.63) is 214 Å². The first-order chi connectivity index (χ1) is 26.8. The summed E-state index contributed by atoms with van der Waals surface area (Å²) < 4.78 is 32.5. The van der Waals surface area contributed by atoms with Crippen molar-refractivity contribution in [2.75, 3.05) is 0 Å². The van der Waals surface area contributed by atoms with Gasteiger partial charge in [-0.25, -0.2) is 13.1 Å². The highest BCUT2D eigenvalue weighted by atomic mass is 79.9. The average molecular weight is 805 g/mol. The third-order valence-corrected chi connectivity index (χ3v) is 12.6. The number of allylic oxidation sites excluding steroid dienone is 1. The lowest BCUT2D eigenvalue weighted by molar-refractivity contribution is -0.128. The maximum atomic E-state index is 14.7. The monoisotopic (exact) mass is 803 g/mol. The molecule has 1 N–H and O–H groups in total. The molecule has 3 atom stereocenters. The lowest BCUT2D eigenvalue weighted by Gasteiger charge is -2.46. The Morgan fingerprint density at radius 1 is 0.727 bits per heavy atom. The van der Waals surface area contributed by atoms with E-state index in [1.54, 1.807) is 24.3 Å². The Morgan fingerprint density at radius 3 is 1.76 bits per heavy atom. The highest BCUT2D eigenvalue weighted by Crippen LogP contribution is 2.51. The van der Waals surface area contributed by atoms with Crippen LogP contribution in [0.4, 0.5) is 0 Å². The Bertz CT molecular complexity index is 2340. The van der Waals surface area contributed by atoms with E-state index < -0.39 is 33.3 Å². The van der Waals surface area contributed by atoms with Gasteiger partial charge in [-0.1, -0.05) is 179 Å². The maximum Gasteiger partial charge on any atom is 0.241 e. The van der Waals surface area contributed by atoms with Crippen LogP contribution in [-0.2, 0) is 20.2 Å². The largest absolute Gasteiger partial charge is 0.299 e. The van der Waals surface area contributed by atoms with Crippen molar-refractivity contribution in [2.24, 2.45) is 11.8 Å². The molecule has 0 heterocycles. The van der Waals surface area contributed by atoms with Gasteiger partial charge in [-0.05, 0) is 89.4 Å². The minimum absolute atomic E-state index is 0.0126. The van der Waals surface area contributed by atoms with Gasteiger partial charge >= 0.3 is 0 Å². The summed E-state index contributed by atoms with van der Waals surface area (Å²) >= 11 is 3.56. The van der Waals surface area contributed by atoms with E-state index in [9.17, 15) is 13.2 Å². The van der Waals surface area contributed by atoms with Crippen LogP contribution >= 0.6 is 15.9 Å². The number of sulfonamides is 1. The van der Waals surface area contributed by atoms with Crippen molar-refractivity contribution in [3.8, 4) is 11.8 Å². The molecule has 6 aromatic carbocycles. The molecule has 1 fully saturated rings. The number of nitrogens with one attached hydrogen (secondary N) is 1. The Kier molecular flexibility index (Phi) is 11.7. The summed E-state index contributed by atoms with van der Waals surface area (Å²) in [5.41, 5.74) is 5.63. The molecule has 6 heteroatoms. The third-order valence-electron chi connectivity index (χ3n) is 10.6. The number of hydrogen-bond acceptors (Lipinski definition) is 3. The molecule has 0 spiro atoms. The van der Waals surface area contributed by atoms with Gasteiger partial charge in [-0.3, -0.25) is 4.79 Å². The topological polar surface area (TPSA) is 63.2 Å². The molecule has 1 aliphatic carbocycles. The smallest absolute Gasteiger partial charge is 0.241 e. The number of ketones is 1. The first kappa shape index (κ1) is 38.0. The van der Waals surface area contributed by atoms with Crippen LogP contribution in [0.2, 0.25) is 0 Å². The zero-order chi connectivity index (χ0) is 38.3. The van der Waals surface area contributed by atoms with Crippen LogP contribution < -0.4 is 4.72 Å². The second kappa shape index (κ2) is 17.0. The predicted octanol–water partition coefficient (Wildman–Crippen LogP) is 10.9. The first-order valence-electron chi connectivity index (χ1n) is 18.6. The Balaban J connectivity index is 1.47. The lowest BCUT2D eigenvalue weighted by atomic mass is 9.56. The summed E-state index contributed by atoms with van der Waals surface area (Å²) in [6.07, 6.45) is 3.65. The average Bonchev–Trinajstić information content (AvgIpc) is 3.22. The van der Waals surface area contributed by atoms with Gasteiger partial charge in [0.1, 0.15) is 5.78 Å². The van der Waals surface area contributed by atoms with E-state index in [-0.39, 0.29) is 10.7 Å². The molecular weight excluding hydrogens is 763 g/mol. The summed E-state index contributed by atoms with van der Waals surface area (Å²) in [6, 6.07) is 54.3. The molecule has 7 rings (SSSR count). The predicted molar refractivity (Wildman–Crippen MR) is 226 cm³/mol. The third kappa shape index (κ3) is 8.35. The van der Waals surface area contributed by atoms with Crippen molar-refractivity contribution in [3.63, 3.8) is 0 Å². The van der Waals surface area contributed by atoms with Crippen LogP contribution in [0, 0.1) is 30.6 Å². The van der Waals surface area contributed by atoms with Crippen LogP contribution in [0.5, 0.6) is 0 Å². The van der Waals surface area contributed by atoms with Crippen molar-refractivity contribution in [1.29, 1.82) is 0 Å². The van der Waals surface area contributed by atoms with Crippen LogP contribution in [0.1, 0.15) is 58.7 Å². The second-order valence-corrected chi connectivity index (χ2v) is 16.7. The molecular formula is C49H42BrNO3S. The molecule has 0 aliphatic heterocycles. The van der Waals surface area contributed by atoms with Crippen molar-refractivity contribution in [2.45, 2.75) is 42.5 Å². The minimum atomic E-state index is -4.05. The van der Waals surface area contributed by atoms with E-state index in [2.05, 4.69) is 81.0 Å². The highest BCUT2D eigenvalue weighted by Gasteiger charge is 2.51. The molecule has 0 radical (unpaired) electrons. The summed E-state index contributed by atoms with van der Waals surface area (Å²) in [4.78, 5) is 14.9. The highest BCUT2D eigenvalue weighted by molar-refractivity contribution is 9.10. The van der Waals surface area contributed by atoms with Gasteiger partial charge < -0.3 is 0 Å². The number of carbonyl (C=O) groups excluding carboxylic acids is 1. The summed E-state index contributed by atoms with van der Waals surface area (Å²) in [7, 11) is -4.05. The van der Waals surface area contributed by atoms with Crippen LogP contribution in [0.15, 0.2) is 185 Å². The normalized spacial score (nSPS) is 16.4. The number of halogens is 1. The van der Waals surface area contributed by atoms with Gasteiger partial charge in [0.05, 0.1) is 16.4 Å². The van der Waals surface area contributed by atoms with E-state index >= 15 is 0 Å². The molecule has 4 nitrogen and oxygen atoms in total. The van der Waals surface area contributed by atoms with E-state index in [1.807, 2.05) is 110 Å². The summed E-state index contributed by atoms with van der Waals surface area (Å²) in [6.45, 7) is 1.92. The molecule has 0 bridgehead atoms. The number of carbonyl (C=O) groups is 1. The molecule has 1 saturated carbocycles. The SMILES string of the molecule is Cc1ccc(S(=O)(=O)N[C@@H](c2ccc(Br)cc2)[C@@H]2C(=O)CCC[C@H]2C(C#CC=C(c2ccccc2)c2ccccc2)(c2ccccc2)c2ccccc2)cc1. The molecule has 6 aromatic rings. The Morgan fingerprint density at radius 2 is 1.24 bits per heavy atom. The standard InChI is InChI=1S/C49H42BrNO3S/c1-36-27-33-43(34-28-36)55(53,54)51-48(39-29-31-42(50)32-30-39)47-45(25-14-26-46(47)52)49(40-20-10-4-11-21-40,41-22-12-5-13-23-41)35-15-24-44(37-16-6-2-7-17-37)38-18-8-3-9-19-38/h2-13,16-24,27-34,45,47-48,51H,14,25-26H2,1H3/t45-,47+,48+/m1/s1. The number of aryl methyl sites for hydroxylation is 1. The number of rotatable bonds is 10. The minimum Gasteiger partial charge on any atom is -0.299 e. The molecule has 274 valence electrons. The number of hydrogen-bond donors (Lipinski definition) is 1. The van der Waals surface area contributed by atoms with Crippen LogP contribution in [-0.4, -0.2) is 14.2 Å². The molecule has 0 amide bonds. The Hall–Kier alpha value is -5.32. The fourth-order valence-corrected chi connectivity index (χ4v) is 9.48. The molecule has 0 unspecified atom stereocenters. The maximum absolute atomic E-state index is 14.7. The van der Waals surface area contributed by atoms with Crippen LogP contribution in [0.25, 0.3) is 5.57 Å². The van der Waals surface area contributed by atoms with Crippen molar-refractivity contribution < 1.29 is 13.2 Å². The quantitative estimate of drug-likeness (QED) is 0.140. The first-order valence-corrected chi connectivity index (χ1v) is 20.9. The van der Waals surface area contributed by atoms with E-state index in [0.29, 0.717) is 24.8 Å². The van der Waals surface area contributed by atoms with E-state index in [0.717, 1.165) is 37.9 Å². The van der Waals surface area contributed by atoms with Gasteiger partial charge in [0.2, 0.25) is 10.0 Å². The summed E-state index contributed by atoms with van der Waals surface area (Å²) in [5, 5.41) is 0. The second-order valence-electron chi connectivity index (χ2n) is 14.1. The zero-order valence-electron chi connectivity index (χ0n) is 30.6. The molecule has 0 aromatic heterocycles. The fraction of sp³-hybridized carbons (Fsp3) is 0.163. The number of Topliss-reactive ketones (excluding diaryl/α,β-unsaturated/α-hetero) is 1. The van der Waals surface area contributed by atoms with Crippen molar-refractivity contribution >= 4 is 37.3 Å².